The molecule has 0 saturated carbocycles. The van der Waals surface area contributed by atoms with Crippen LogP contribution in [0, 0.1) is 0 Å². The number of nitrogens with two attached hydrogens (primary N) is 1. The zero-order valence-electron chi connectivity index (χ0n) is 15.0. The van der Waals surface area contributed by atoms with Crippen LogP contribution in [0.15, 0.2) is 42.5 Å². The third-order valence-electron chi connectivity index (χ3n) is 4.38. The SMILES string of the molecule is Nc1ccc(OCCCO)c(NCc2ccccc2N2CCOCC2)c1. The van der Waals surface area contributed by atoms with Crippen molar-refractivity contribution in [1.29, 1.82) is 0 Å². The van der Waals surface area contributed by atoms with E-state index in [1.807, 2.05) is 18.2 Å². The third-order valence-corrected chi connectivity index (χ3v) is 4.38. The van der Waals surface area contributed by atoms with Crippen LogP contribution >= 0.6 is 0 Å². The number of nitrogens with zero attached hydrogens (tertiary/aromatic N) is 1. The number of rotatable bonds is 8. The topological polar surface area (TPSA) is 80.0 Å². The maximum atomic E-state index is 8.93. The van der Waals surface area contributed by atoms with Crippen molar-refractivity contribution in [1.82, 2.24) is 0 Å². The largest absolute Gasteiger partial charge is 0.491 e. The van der Waals surface area contributed by atoms with Crippen molar-refractivity contribution in [2.45, 2.75) is 13.0 Å². The van der Waals surface area contributed by atoms with E-state index in [1.165, 1.54) is 11.3 Å². The Kier molecular flexibility index (Phi) is 6.57. The zero-order valence-corrected chi connectivity index (χ0v) is 15.0. The number of aliphatic hydroxyl groups is 1. The second kappa shape index (κ2) is 9.31. The monoisotopic (exact) mass is 357 g/mol. The normalized spacial score (nSPS) is 14.3. The lowest BCUT2D eigenvalue weighted by Gasteiger charge is -2.30. The Labute approximate surface area is 154 Å². The highest BCUT2D eigenvalue weighted by Gasteiger charge is 2.14. The van der Waals surface area contributed by atoms with Gasteiger partial charge in [-0.25, -0.2) is 0 Å². The van der Waals surface area contributed by atoms with Crippen LogP contribution in [0.25, 0.3) is 0 Å². The Morgan fingerprint density at radius 3 is 2.77 bits per heavy atom. The molecule has 0 radical (unpaired) electrons. The Morgan fingerprint density at radius 1 is 1.15 bits per heavy atom. The molecule has 1 fully saturated rings. The van der Waals surface area contributed by atoms with Gasteiger partial charge in [-0.2, -0.15) is 0 Å². The molecule has 4 N–H and O–H groups in total. The fourth-order valence-electron chi connectivity index (χ4n) is 3.02. The quantitative estimate of drug-likeness (QED) is 0.497. The lowest BCUT2D eigenvalue weighted by molar-refractivity contribution is 0.122. The average molecular weight is 357 g/mol. The van der Waals surface area contributed by atoms with E-state index in [-0.39, 0.29) is 6.61 Å². The van der Waals surface area contributed by atoms with Gasteiger partial charge in [0.15, 0.2) is 0 Å². The molecule has 1 aliphatic rings. The van der Waals surface area contributed by atoms with Gasteiger partial charge in [-0.1, -0.05) is 18.2 Å². The van der Waals surface area contributed by atoms with Gasteiger partial charge in [0.05, 0.1) is 25.5 Å². The maximum absolute atomic E-state index is 8.93. The van der Waals surface area contributed by atoms with Crippen molar-refractivity contribution >= 4 is 17.1 Å². The molecule has 1 saturated heterocycles. The number of para-hydroxylation sites is 1. The summed E-state index contributed by atoms with van der Waals surface area (Å²) in [7, 11) is 0. The minimum Gasteiger partial charge on any atom is -0.491 e. The van der Waals surface area contributed by atoms with Crippen molar-refractivity contribution in [3.05, 3.63) is 48.0 Å². The molecule has 0 atom stereocenters. The molecular weight excluding hydrogens is 330 g/mol. The molecule has 0 aliphatic carbocycles. The van der Waals surface area contributed by atoms with E-state index < -0.39 is 0 Å². The molecule has 0 spiro atoms. The van der Waals surface area contributed by atoms with Gasteiger partial charge in [-0.3, -0.25) is 0 Å². The Hall–Kier alpha value is -2.44. The highest BCUT2D eigenvalue weighted by atomic mass is 16.5. The van der Waals surface area contributed by atoms with Crippen molar-refractivity contribution < 1.29 is 14.6 Å². The van der Waals surface area contributed by atoms with E-state index in [2.05, 4.69) is 34.5 Å². The van der Waals surface area contributed by atoms with E-state index in [0.29, 0.717) is 25.3 Å². The molecule has 3 rings (SSSR count). The van der Waals surface area contributed by atoms with Crippen molar-refractivity contribution in [3.8, 4) is 5.75 Å². The molecule has 0 amide bonds. The third kappa shape index (κ3) is 4.80. The summed E-state index contributed by atoms with van der Waals surface area (Å²) in [6.07, 6.45) is 0.601. The van der Waals surface area contributed by atoms with Gasteiger partial charge >= 0.3 is 0 Å². The van der Waals surface area contributed by atoms with Crippen molar-refractivity contribution in [3.63, 3.8) is 0 Å². The highest BCUT2D eigenvalue weighted by Crippen LogP contribution is 2.29. The fourth-order valence-corrected chi connectivity index (χ4v) is 3.02. The van der Waals surface area contributed by atoms with Crippen LogP contribution in [0.3, 0.4) is 0 Å². The summed E-state index contributed by atoms with van der Waals surface area (Å²) in [5.74, 6) is 0.747. The van der Waals surface area contributed by atoms with Crippen molar-refractivity contribution in [2.75, 3.05) is 55.5 Å². The lowest BCUT2D eigenvalue weighted by Crippen LogP contribution is -2.36. The molecule has 1 aliphatic heterocycles. The van der Waals surface area contributed by atoms with Crippen LogP contribution in [-0.2, 0) is 11.3 Å². The molecule has 0 unspecified atom stereocenters. The van der Waals surface area contributed by atoms with Crippen LogP contribution in [0.2, 0.25) is 0 Å². The molecule has 6 heteroatoms. The van der Waals surface area contributed by atoms with E-state index in [4.69, 9.17) is 20.3 Å². The number of ether oxygens (including phenoxy) is 2. The van der Waals surface area contributed by atoms with Crippen LogP contribution in [0.1, 0.15) is 12.0 Å². The first-order valence-corrected chi connectivity index (χ1v) is 9.05. The van der Waals surface area contributed by atoms with E-state index in [1.54, 1.807) is 0 Å². The molecule has 26 heavy (non-hydrogen) atoms. The predicted molar refractivity (Wildman–Crippen MR) is 105 cm³/mol. The number of nitrogens with one attached hydrogen (secondary N) is 1. The number of anilines is 3. The van der Waals surface area contributed by atoms with Gasteiger partial charge in [-0.05, 0) is 29.8 Å². The summed E-state index contributed by atoms with van der Waals surface area (Å²) >= 11 is 0. The molecule has 6 nitrogen and oxygen atoms in total. The zero-order chi connectivity index (χ0) is 18.2. The van der Waals surface area contributed by atoms with Crippen molar-refractivity contribution in [2.24, 2.45) is 0 Å². The first kappa shape index (κ1) is 18.4. The summed E-state index contributed by atoms with van der Waals surface area (Å²) in [6, 6.07) is 14.0. The average Bonchev–Trinajstić information content (AvgIpc) is 2.69. The minimum atomic E-state index is 0.116. The standard InChI is InChI=1S/C20H27N3O3/c21-17-6-7-20(26-11-3-10-24)18(14-17)22-15-16-4-1-2-5-19(16)23-8-12-25-13-9-23/h1-2,4-7,14,22,24H,3,8-13,15,21H2. The summed E-state index contributed by atoms with van der Waals surface area (Å²) in [4.78, 5) is 2.36. The molecule has 140 valence electrons. The summed E-state index contributed by atoms with van der Waals surface area (Å²) in [5.41, 5.74) is 9.94. The molecule has 2 aromatic carbocycles. The minimum absolute atomic E-state index is 0.116. The van der Waals surface area contributed by atoms with Crippen LogP contribution in [0.4, 0.5) is 17.1 Å². The second-order valence-corrected chi connectivity index (χ2v) is 6.26. The van der Waals surface area contributed by atoms with Crippen LogP contribution in [0.5, 0.6) is 5.75 Å². The smallest absolute Gasteiger partial charge is 0.142 e. The van der Waals surface area contributed by atoms with Gasteiger partial charge in [0.25, 0.3) is 0 Å². The number of nitrogen functional groups attached to an aromatic ring is 1. The van der Waals surface area contributed by atoms with Gasteiger partial charge < -0.3 is 30.5 Å². The van der Waals surface area contributed by atoms with E-state index in [9.17, 15) is 0 Å². The van der Waals surface area contributed by atoms with Crippen LogP contribution < -0.4 is 20.7 Å². The van der Waals surface area contributed by atoms with Crippen LogP contribution in [-0.4, -0.2) is 44.6 Å². The number of aliphatic hydroxyl groups excluding tert-OH is 1. The molecule has 1 heterocycles. The Morgan fingerprint density at radius 2 is 1.96 bits per heavy atom. The fraction of sp³-hybridized carbons (Fsp3) is 0.400. The molecular formula is C20H27N3O3. The summed E-state index contributed by atoms with van der Waals surface area (Å²) in [5, 5.41) is 12.4. The maximum Gasteiger partial charge on any atom is 0.142 e. The van der Waals surface area contributed by atoms with E-state index >= 15 is 0 Å². The van der Waals surface area contributed by atoms with Gasteiger partial charge in [0, 0.05) is 44.0 Å². The lowest BCUT2D eigenvalue weighted by atomic mass is 10.1. The Bertz CT molecular complexity index is 702. The number of hydrogen-bond donors (Lipinski definition) is 3. The van der Waals surface area contributed by atoms with Gasteiger partial charge in [0.1, 0.15) is 5.75 Å². The molecule has 0 aromatic heterocycles. The first-order valence-electron chi connectivity index (χ1n) is 9.05. The molecule has 2 aromatic rings. The second-order valence-electron chi connectivity index (χ2n) is 6.26. The van der Waals surface area contributed by atoms with Gasteiger partial charge in [-0.15, -0.1) is 0 Å². The number of morpholine rings is 1. The first-order chi connectivity index (χ1) is 12.8. The number of benzene rings is 2. The van der Waals surface area contributed by atoms with Gasteiger partial charge in [0.2, 0.25) is 0 Å². The summed E-state index contributed by atoms with van der Waals surface area (Å²) < 4.78 is 11.2. The molecule has 0 bridgehead atoms. The highest BCUT2D eigenvalue weighted by molar-refractivity contribution is 5.64. The Balaban J connectivity index is 1.72. The summed E-state index contributed by atoms with van der Waals surface area (Å²) in [6.45, 7) is 4.60. The predicted octanol–water partition coefficient (Wildman–Crippen LogP) is 2.48. The van der Waals surface area contributed by atoms with E-state index in [0.717, 1.165) is 37.7 Å². The number of hydrogen-bond acceptors (Lipinski definition) is 6.